The predicted octanol–water partition coefficient (Wildman–Crippen LogP) is 4.26. The molecule has 8 nitrogen and oxygen atoms in total. The monoisotopic (exact) mass is 438 g/mol. The van der Waals surface area contributed by atoms with Crippen LogP contribution in [0.1, 0.15) is 41.0 Å². The van der Waals surface area contributed by atoms with Gasteiger partial charge in [0.05, 0.1) is 20.3 Å². The molecular formula is C19H26N4O4S2. The van der Waals surface area contributed by atoms with E-state index in [0.717, 1.165) is 18.6 Å². The molecule has 1 aromatic heterocycles. The standard InChI is InChI=1S/C19H26N4O4S2/c1-18(2,3)14-19(4,5)21-28(16-7-6-12-20-13-16)22-29(26,27)17-10-8-15(9-11-17)23(24)25/h6-13H,14H2,1-5H3,(H,21,22). The van der Waals surface area contributed by atoms with Crippen molar-refractivity contribution < 1.29 is 13.3 Å². The highest BCUT2D eigenvalue weighted by Crippen LogP contribution is 2.31. The Balaban J connectivity index is 2.44. The molecule has 1 aromatic carbocycles. The molecular weight excluding hydrogens is 412 g/mol. The third-order valence-corrected chi connectivity index (χ3v) is 7.47. The molecule has 29 heavy (non-hydrogen) atoms. The zero-order valence-corrected chi connectivity index (χ0v) is 18.8. The van der Waals surface area contributed by atoms with Gasteiger partial charge in [0.1, 0.15) is 0 Å². The Bertz CT molecular complexity index is 997. The van der Waals surface area contributed by atoms with E-state index in [9.17, 15) is 18.5 Å². The number of rotatable bonds is 7. The lowest BCUT2D eigenvalue weighted by atomic mass is 9.82. The Morgan fingerprint density at radius 1 is 1.14 bits per heavy atom. The predicted molar refractivity (Wildman–Crippen MR) is 114 cm³/mol. The second-order valence-corrected chi connectivity index (χ2v) is 11.8. The molecule has 2 rings (SSSR count). The molecule has 0 saturated carbocycles. The van der Waals surface area contributed by atoms with Crippen molar-refractivity contribution >= 4 is 26.6 Å². The molecule has 0 saturated heterocycles. The number of nitrogens with one attached hydrogen (secondary N) is 1. The van der Waals surface area contributed by atoms with Crippen LogP contribution in [-0.4, -0.2) is 23.9 Å². The third kappa shape index (κ3) is 6.98. The van der Waals surface area contributed by atoms with Crippen LogP contribution >= 0.6 is 0 Å². The molecule has 0 fully saturated rings. The maximum Gasteiger partial charge on any atom is 0.269 e. The number of aromatic nitrogens is 1. The SMILES string of the molecule is CC(C)(C)CC(C)(C)N=S(NS(=O)(=O)c1ccc([N+](=O)[O-])cc1)c1cccnc1. The zero-order valence-electron chi connectivity index (χ0n) is 17.1. The van der Waals surface area contributed by atoms with Gasteiger partial charge in [-0.15, -0.1) is 4.13 Å². The first-order valence-corrected chi connectivity index (χ1v) is 11.6. The molecule has 0 aliphatic carbocycles. The maximum atomic E-state index is 12.9. The number of pyridine rings is 1. The van der Waals surface area contributed by atoms with E-state index in [0.29, 0.717) is 4.90 Å². The van der Waals surface area contributed by atoms with E-state index in [1.165, 1.54) is 12.1 Å². The van der Waals surface area contributed by atoms with Crippen molar-refractivity contribution in [3.63, 3.8) is 0 Å². The molecule has 1 unspecified atom stereocenters. The van der Waals surface area contributed by atoms with Gasteiger partial charge in [-0.25, -0.2) is 12.8 Å². The Hall–Kier alpha value is -2.17. The summed E-state index contributed by atoms with van der Waals surface area (Å²) < 4.78 is 33.3. The summed E-state index contributed by atoms with van der Waals surface area (Å²) in [5.41, 5.74) is -0.658. The first-order chi connectivity index (χ1) is 13.3. The van der Waals surface area contributed by atoms with Gasteiger partial charge in [-0.05, 0) is 49.9 Å². The first kappa shape index (κ1) is 23.1. The summed E-state index contributed by atoms with van der Waals surface area (Å²) in [4.78, 5) is 14.9. The Morgan fingerprint density at radius 2 is 1.76 bits per heavy atom. The minimum absolute atomic E-state index is 0.00814. The smallest absolute Gasteiger partial charge is 0.263 e. The van der Waals surface area contributed by atoms with Crippen molar-refractivity contribution in [2.45, 2.75) is 56.4 Å². The average Bonchev–Trinajstić information content (AvgIpc) is 2.59. The normalized spacial score (nSPS) is 14.0. The second-order valence-electron chi connectivity index (χ2n) is 8.45. The van der Waals surface area contributed by atoms with Crippen LogP contribution in [0.2, 0.25) is 0 Å². The molecule has 0 bridgehead atoms. The largest absolute Gasteiger partial charge is 0.269 e. The first-order valence-electron chi connectivity index (χ1n) is 8.93. The number of hydrogen-bond acceptors (Lipinski definition) is 6. The third-order valence-electron chi connectivity index (χ3n) is 3.71. The van der Waals surface area contributed by atoms with Gasteiger partial charge < -0.3 is 0 Å². The topological polar surface area (TPSA) is 115 Å². The fourth-order valence-corrected chi connectivity index (χ4v) is 6.33. The van der Waals surface area contributed by atoms with Gasteiger partial charge in [0, 0.05) is 35.4 Å². The summed E-state index contributed by atoms with van der Waals surface area (Å²) in [6, 6.07) is 8.25. The fraction of sp³-hybridized carbons (Fsp3) is 0.421. The summed E-state index contributed by atoms with van der Waals surface area (Å²) in [6.45, 7) is 10.2. The molecule has 10 heteroatoms. The number of benzene rings is 1. The van der Waals surface area contributed by atoms with Crippen molar-refractivity contribution in [2.24, 2.45) is 9.78 Å². The summed E-state index contributed by atoms with van der Waals surface area (Å²) in [7, 11) is -5.13. The molecule has 2 aromatic rings. The molecule has 0 aliphatic heterocycles. The Morgan fingerprint density at radius 3 is 2.24 bits per heavy atom. The highest BCUT2D eigenvalue weighted by Gasteiger charge is 2.27. The number of nitrogens with zero attached hydrogens (tertiary/aromatic N) is 3. The minimum Gasteiger partial charge on any atom is -0.263 e. The quantitative estimate of drug-likeness (QED) is 0.512. The molecule has 0 spiro atoms. The lowest BCUT2D eigenvalue weighted by molar-refractivity contribution is -0.384. The fourth-order valence-electron chi connectivity index (χ4n) is 3.06. The van der Waals surface area contributed by atoms with Crippen LogP contribution in [0, 0.1) is 15.5 Å². The van der Waals surface area contributed by atoms with E-state index >= 15 is 0 Å². The molecule has 158 valence electrons. The van der Waals surface area contributed by atoms with Gasteiger partial charge in [0.2, 0.25) is 0 Å². The van der Waals surface area contributed by atoms with Crippen LogP contribution in [0.4, 0.5) is 5.69 Å². The molecule has 0 aliphatic rings. The van der Waals surface area contributed by atoms with Crippen LogP contribution in [-0.2, 0) is 20.9 Å². The van der Waals surface area contributed by atoms with Gasteiger partial charge >= 0.3 is 0 Å². The lowest BCUT2D eigenvalue weighted by Crippen LogP contribution is -2.31. The van der Waals surface area contributed by atoms with Crippen LogP contribution in [0.3, 0.4) is 0 Å². The Labute approximate surface area is 174 Å². The van der Waals surface area contributed by atoms with Gasteiger partial charge in [-0.2, -0.15) is 0 Å². The number of non-ortho nitro benzene ring substituents is 1. The van der Waals surface area contributed by atoms with Crippen LogP contribution in [0.15, 0.2) is 62.9 Å². The van der Waals surface area contributed by atoms with Crippen LogP contribution in [0.25, 0.3) is 0 Å². The van der Waals surface area contributed by atoms with Gasteiger partial charge in [-0.1, -0.05) is 20.8 Å². The molecule has 1 N–H and O–H groups in total. The van der Waals surface area contributed by atoms with Crippen LogP contribution < -0.4 is 4.13 Å². The van der Waals surface area contributed by atoms with Crippen molar-refractivity contribution in [1.82, 2.24) is 9.11 Å². The van der Waals surface area contributed by atoms with E-state index in [-0.39, 0.29) is 16.0 Å². The summed E-state index contributed by atoms with van der Waals surface area (Å²) in [5, 5.41) is 10.8. The Kier molecular flexibility index (Phi) is 6.92. The molecule has 0 amide bonds. The highest BCUT2D eigenvalue weighted by atomic mass is 32.3. The number of sulfonamides is 1. The number of nitro groups is 1. The van der Waals surface area contributed by atoms with E-state index < -0.39 is 31.4 Å². The molecule has 0 radical (unpaired) electrons. The summed E-state index contributed by atoms with van der Waals surface area (Å²) in [6.07, 6.45) is 3.94. The van der Waals surface area contributed by atoms with Crippen LogP contribution in [0.5, 0.6) is 0 Å². The van der Waals surface area contributed by atoms with E-state index in [2.05, 4.69) is 29.9 Å². The minimum atomic E-state index is -3.95. The van der Waals surface area contributed by atoms with Crippen molar-refractivity contribution in [2.75, 3.05) is 0 Å². The van der Waals surface area contributed by atoms with E-state index in [1.807, 2.05) is 13.8 Å². The summed E-state index contributed by atoms with van der Waals surface area (Å²) in [5.74, 6) is 0. The van der Waals surface area contributed by atoms with E-state index in [1.54, 1.807) is 24.5 Å². The highest BCUT2D eigenvalue weighted by molar-refractivity contribution is 8.02. The van der Waals surface area contributed by atoms with Crippen molar-refractivity contribution in [1.29, 1.82) is 0 Å². The maximum absolute atomic E-state index is 12.9. The van der Waals surface area contributed by atoms with Crippen molar-refractivity contribution in [3.05, 3.63) is 58.9 Å². The molecule has 1 heterocycles. The number of nitro benzene ring substituents is 1. The van der Waals surface area contributed by atoms with E-state index in [4.69, 9.17) is 4.36 Å². The second kappa shape index (κ2) is 8.68. The zero-order chi connectivity index (χ0) is 21.9. The van der Waals surface area contributed by atoms with Crippen molar-refractivity contribution in [3.8, 4) is 0 Å². The number of hydrogen-bond donors (Lipinski definition) is 1. The van der Waals surface area contributed by atoms with Gasteiger partial charge in [0.25, 0.3) is 15.7 Å². The summed E-state index contributed by atoms with van der Waals surface area (Å²) >= 11 is 0. The lowest BCUT2D eigenvalue weighted by Gasteiger charge is -2.30. The molecule has 1 atom stereocenters. The van der Waals surface area contributed by atoms with Gasteiger partial charge in [0.15, 0.2) is 0 Å². The average molecular weight is 439 g/mol. The van der Waals surface area contributed by atoms with Gasteiger partial charge in [-0.3, -0.25) is 15.1 Å².